The topological polar surface area (TPSA) is 40.5 Å². The maximum absolute atomic E-state index is 10.4. The molecule has 0 saturated carbocycles. The van der Waals surface area contributed by atoms with Gasteiger partial charge in [-0.15, -0.1) is 0 Å². The van der Waals surface area contributed by atoms with Crippen molar-refractivity contribution < 1.29 is 9.90 Å². The SMILES string of the molecule is Cc1ccc(C)c(N(C)CCCCC(=O)O)c1. The molecular formula is C14H21NO2. The van der Waals surface area contributed by atoms with E-state index >= 15 is 0 Å². The minimum Gasteiger partial charge on any atom is -0.481 e. The Balaban J connectivity index is 2.49. The van der Waals surface area contributed by atoms with Crippen molar-refractivity contribution in [2.24, 2.45) is 0 Å². The first-order valence-corrected chi connectivity index (χ1v) is 6.01. The number of benzene rings is 1. The van der Waals surface area contributed by atoms with Crippen molar-refractivity contribution in [3.8, 4) is 0 Å². The normalized spacial score (nSPS) is 10.3. The molecule has 17 heavy (non-hydrogen) atoms. The highest BCUT2D eigenvalue weighted by atomic mass is 16.4. The zero-order chi connectivity index (χ0) is 12.8. The number of carboxylic acids is 1. The quantitative estimate of drug-likeness (QED) is 0.771. The molecule has 0 aliphatic carbocycles. The van der Waals surface area contributed by atoms with Gasteiger partial charge >= 0.3 is 5.97 Å². The highest BCUT2D eigenvalue weighted by Gasteiger charge is 2.05. The summed E-state index contributed by atoms with van der Waals surface area (Å²) in [6.07, 6.45) is 1.92. The fraction of sp³-hybridized carbons (Fsp3) is 0.500. The molecule has 0 aliphatic rings. The van der Waals surface area contributed by atoms with Crippen LogP contribution in [0.25, 0.3) is 0 Å². The van der Waals surface area contributed by atoms with E-state index in [1.54, 1.807) is 0 Å². The van der Waals surface area contributed by atoms with Crippen LogP contribution in [0.5, 0.6) is 0 Å². The number of aryl methyl sites for hydroxylation is 2. The minimum absolute atomic E-state index is 0.265. The molecule has 0 heterocycles. The molecule has 94 valence electrons. The molecule has 0 spiro atoms. The van der Waals surface area contributed by atoms with E-state index in [1.807, 2.05) is 0 Å². The molecule has 1 aromatic rings. The van der Waals surface area contributed by atoms with Crippen LogP contribution in [0.1, 0.15) is 30.4 Å². The molecule has 3 heteroatoms. The number of carboxylic acid groups (broad SMARTS) is 1. The first kappa shape index (κ1) is 13.6. The van der Waals surface area contributed by atoms with E-state index in [-0.39, 0.29) is 6.42 Å². The number of hydrogen-bond donors (Lipinski definition) is 1. The number of aliphatic carboxylic acids is 1. The largest absolute Gasteiger partial charge is 0.481 e. The molecule has 0 unspecified atom stereocenters. The van der Waals surface area contributed by atoms with Crippen molar-refractivity contribution in [2.45, 2.75) is 33.1 Å². The zero-order valence-corrected chi connectivity index (χ0v) is 10.9. The molecular weight excluding hydrogens is 214 g/mol. The highest BCUT2D eigenvalue weighted by molar-refractivity contribution is 5.66. The molecule has 0 amide bonds. The summed E-state index contributed by atoms with van der Waals surface area (Å²) in [5.74, 6) is -0.709. The first-order valence-electron chi connectivity index (χ1n) is 6.01. The van der Waals surface area contributed by atoms with Gasteiger partial charge in [0.15, 0.2) is 0 Å². The molecule has 1 rings (SSSR count). The van der Waals surface area contributed by atoms with Gasteiger partial charge in [0.1, 0.15) is 0 Å². The van der Waals surface area contributed by atoms with Gasteiger partial charge in [0.25, 0.3) is 0 Å². The van der Waals surface area contributed by atoms with Gasteiger partial charge in [-0.1, -0.05) is 12.1 Å². The Hall–Kier alpha value is -1.51. The van der Waals surface area contributed by atoms with Gasteiger partial charge in [-0.3, -0.25) is 4.79 Å². The van der Waals surface area contributed by atoms with E-state index < -0.39 is 5.97 Å². The number of rotatable bonds is 6. The lowest BCUT2D eigenvalue weighted by Gasteiger charge is -2.21. The monoisotopic (exact) mass is 235 g/mol. The summed E-state index contributed by atoms with van der Waals surface area (Å²) >= 11 is 0. The summed E-state index contributed by atoms with van der Waals surface area (Å²) in [6.45, 7) is 5.08. The van der Waals surface area contributed by atoms with Crippen LogP contribution in [0.2, 0.25) is 0 Å². The number of nitrogens with zero attached hydrogens (tertiary/aromatic N) is 1. The summed E-state index contributed by atoms with van der Waals surface area (Å²) in [5, 5.41) is 8.56. The minimum atomic E-state index is -0.709. The van der Waals surface area contributed by atoms with Gasteiger partial charge in [-0.05, 0) is 43.9 Å². The van der Waals surface area contributed by atoms with Crippen LogP contribution in [-0.4, -0.2) is 24.7 Å². The summed E-state index contributed by atoms with van der Waals surface area (Å²) in [4.78, 5) is 12.6. The van der Waals surface area contributed by atoms with Gasteiger partial charge in [-0.2, -0.15) is 0 Å². The second-order valence-electron chi connectivity index (χ2n) is 4.56. The third kappa shape index (κ3) is 4.47. The van der Waals surface area contributed by atoms with Gasteiger partial charge in [0.2, 0.25) is 0 Å². The fourth-order valence-corrected chi connectivity index (χ4v) is 1.88. The Morgan fingerprint density at radius 3 is 2.65 bits per heavy atom. The Morgan fingerprint density at radius 2 is 2.00 bits per heavy atom. The maximum atomic E-state index is 10.4. The molecule has 1 aromatic carbocycles. The van der Waals surface area contributed by atoms with E-state index in [1.165, 1.54) is 16.8 Å². The lowest BCUT2D eigenvalue weighted by Crippen LogP contribution is -2.19. The van der Waals surface area contributed by atoms with Crippen LogP contribution in [0.4, 0.5) is 5.69 Å². The van der Waals surface area contributed by atoms with Crippen LogP contribution in [-0.2, 0) is 4.79 Å². The van der Waals surface area contributed by atoms with Crippen LogP contribution >= 0.6 is 0 Å². The van der Waals surface area contributed by atoms with Crippen molar-refractivity contribution in [2.75, 3.05) is 18.5 Å². The van der Waals surface area contributed by atoms with E-state index in [9.17, 15) is 4.79 Å². The molecule has 0 saturated heterocycles. The number of carbonyl (C=O) groups is 1. The average molecular weight is 235 g/mol. The molecule has 0 bridgehead atoms. The summed E-state index contributed by atoms with van der Waals surface area (Å²) < 4.78 is 0. The van der Waals surface area contributed by atoms with Crippen molar-refractivity contribution in [1.29, 1.82) is 0 Å². The van der Waals surface area contributed by atoms with Crippen LogP contribution in [0.3, 0.4) is 0 Å². The third-order valence-corrected chi connectivity index (χ3v) is 2.91. The van der Waals surface area contributed by atoms with Crippen molar-refractivity contribution in [3.63, 3.8) is 0 Å². The van der Waals surface area contributed by atoms with E-state index in [0.29, 0.717) is 0 Å². The fourth-order valence-electron chi connectivity index (χ4n) is 1.88. The van der Waals surface area contributed by atoms with Crippen LogP contribution < -0.4 is 4.90 Å². The van der Waals surface area contributed by atoms with Crippen molar-refractivity contribution in [1.82, 2.24) is 0 Å². The maximum Gasteiger partial charge on any atom is 0.303 e. The molecule has 0 radical (unpaired) electrons. The Labute approximate surface area is 103 Å². The van der Waals surface area contributed by atoms with E-state index in [4.69, 9.17) is 5.11 Å². The Bertz CT molecular complexity index is 388. The molecule has 0 atom stereocenters. The lowest BCUT2D eigenvalue weighted by atomic mass is 10.1. The number of unbranched alkanes of at least 4 members (excludes halogenated alkanes) is 1. The van der Waals surface area contributed by atoms with Gasteiger partial charge in [0.05, 0.1) is 0 Å². The van der Waals surface area contributed by atoms with Crippen LogP contribution in [0, 0.1) is 13.8 Å². The van der Waals surface area contributed by atoms with Gasteiger partial charge in [-0.25, -0.2) is 0 Å². The number of anilines is 1. The second-order valence-corrected chi connectivity index (χ2v) is 4.56. The predicted molar refractivity (Wildman–Crippen MR) is 70.7 cm³/mol. The third-order valence-electron chi connectivity index (χ3n) is 2.91. The summed E-state index contributed by atoms with van der Waals surface area (Å²) in [7, 11) is 2.06. The van der Waals surface area contributed by atoms with E-state index in [2.05, 4.69) is 44.0 Å². The zero-order valence-electron chi connectivity index (χ0n) is 10.9. The molecule has 1 N–H and O–H groups in total. The van der Waals surface area contributed by atoms with Gasteiger partial charge in [0, 0.05) is 25.7 Å². The smallest absolute Gasteiger partial charge is 0.303 e. The highest BCUT2D eigenvalue weighted by Crippen LogP contribution is 2.20. The molecule has 3 nitrogen and oxygen atoms in total. The van der Waals surface area contributed by atoms with E-state index in [0.717, 1.165) is 19.4 Å². The molecule has 0 aromatic heterocycles. The summed E-state index contributed by atoms with van der Waals surface area (Å²) in [6, 6.07) is 6.40. The number of hydrogen-bond acceptors (Lipinski definition) is 2. The predicted octanol–water partition coefficient (Wildman–Crippen LogP) is 2.99. The standard InChI is InChI=1S/C14H21NO2/c1-11-7-8-12(2)13(10-11)15(3)9-5-4-6-14(16)17/h7-8,10H,4-6,9H2,1-3H3,(H,16,17). The van der Waals surface area contributed by atoms with Crippen LogP contribution in [0.15, 0.2) is 18.2 Å². The lowest BCUT2D eigenvalue weighted by molar-refractivity contribution is -0.137. The average Bonchev–Trinajstić information content (AvgIpc) is 2.27. The second kappa shape index (κ2) is 6.28. The van der Waals surface area contributed by atoms with Crippen molar-refractivity contribution in [3.05, 3.63) is 29.3 Å². The summed E-state index contributed by atoms with van der Waals surface area (Å²) in [5.41, 5.74) is 3.75. The molecule has 0 fully saturated rings. The van der Waals surface area contributed by atoms with Crippen molar-refractivity contribution >= 4 is 11.7 Å². The first-order chi connectivity index (χ1) is 8.00. The molecule has 0 aliphatic heterocycles. The Kier molecular flexibility index (Phi) is 5.01. The Morgan fingerprint density at radius 1 is 1.29 bits per heavy atom. The van der Waals surface area contributed by atoms with Gasteiger partial charge < -0.3 is 10.0 Å².